The van der Waals surface area contributed by atoms with E-state index in [0.717, 1.165) is 19.4 Å². The Labute approximate surface area is 73.8 Å². The van der Waals surface area contributed by atoms with Crippen molar-refractivity contribution in [2.75, 3.05) is 13.2 Å². The van der Waals surface area contributed by atoms with Crippen LogP contribution in [0.4, 0.5) is 0 Å². The molecule has 0 aromatic heterocycles. The Morgan fingerprint density at radius 3 is 2.92 bits per heavy atom. The summed E-state index contributed by atoms with van der Waals surface area (Å²) in [5, 5.41) is 0. The molecule has 12 heavy (non-hydrogen) atoms. The monoisotopic (exact) mass is 171 g/mol. The minimum absolute atomic E-state index is 0.225. The molecule has 3 heteroatoms. The average Bonchev–Trinajstić information content (AvgIpc) is 2.02. The highest BCUT2D eigenvalue weighted by Gasteiger charge is 1.88. The fourth-order valence-electron chi connectivity index (χ4n) is 0.687. The lowest BCUT2D eigenvalue weighted by molar-refractivity contribution is -0.140. The standard InChI is InChI=1S/C9H17NO2/c1-3-4-6-10-7-5-8-12-9(2)11/h7H,3-6,8H2,1-2H3. The highest BCUT2D eigenvalue weighted by molar-refractivity contribution is 5.66. The molecular formula is C9H17NO2. The lowest BCUT2D eigenvalue weighted by Crippen LogP contribution is -2.00. The Kier molecular flexibility index (Phi) is 7.65. The van der Waals surface area contributed by atoms with Gasteiger partial charge in [0, 0.05) is 26.1 Å². The molecule has 0 rings (SSSR count). The number of hydrogen-bond acceptors (Lipinski definition) is 3. The van der Waals surface area contributed by atoms with Gasteiger partial charge < -0.3 is 4.74 Å². The molecule has 0 aliphatic carbocycles. The van der Waals surface area contributed by atoms with Crippen molar-refractivity contribution in [2.45, 2.75) is 33.1 Å². The lowest BCUT2D eigenvalue weighted by Gasteiger charge is -1.96. The number of carbonyl (C=O) groups excluding carboxylic acids is 1. The smallest absolute Gasteiger partial charge is 0.302 e. The molecule has 0 aliphatic rings. The van der Waals surface area contributed by atoms with Gasteiger partial charge in [-0.3, -0.25) is 9.79 Å². The Hall–Kier alpha value is -0.860. The highest BCUT2D eigenvalue weighted by atomic mass is 16.5. The first-order valence-corrected chi connectivity index (χ1v) is 4.39. The van der Waals surface area contributed by atoms with Gasteiger partial charge in [-0.15, -0.1) is 0 Å². The molecule has 0 saturated carbocycles. The summed E-state index contributed by atoms with van der Waals surface area (Å²) >= 11 is 0. The number of unbranched alkanes of at least 4 members (excludes halogenated alkanes) is 1. The third kappa shape index (κ3) is 9.14. The van der Waals surface area contributed by atoms with Crippen molar-refractivity contribution in [1.29, 1.82) is 0 Å². The second-order valence-corrected chi connectivity index (χ2v) is 2.57. The molecule has 0 saturated heterocycles. The average molecular weight is 171 g/mol. The van der Waals surface area contributed by atoms with Crippen LogP contribution in [0.25, 0.3) is 0 Å². The van der Waals surface area contributed by atoms with E-state index in [1.807, 2.05) is 6.21 Å². The maximum atomic E-state index is 10.3. The number of nitrogens with zero attached hydrogens (tertiary/aromatic N) is 1. The molecule has 0 aromatic rings. The first kappa shape index (κ1) is 11.1. The molecule has 70 valence electrons. The van der Waals surface area contributed by atoms with Gasteiger partial charge in [0.15, 0.2) is 0 Å². The predicted molar refractivity (Wildman–Crippen MR) is 49.5 cm³/mol. The van der Waals surface area contributed by atoms with Crippen LogP contribution in [0.15, 0.2) is 4.99 Å². The molecule has 0 atom stereocenters. The topological polar surface area (TPSA) is 38.7 Å². The first-order valence-electron chi connectivity index (χ1n) is 4.39. The Bertz CT molecular complexity index is 143. The van der Waals surface area contributed by atoms with E-state index in [1.54, 1.807) is 0 Å². The van der Waals surface area contributed by atoms with Crippen LogP contribution < -0.4 is 0 Å². The number of rotatable bonds is 6. The first-order chi connectivity index (χ1) is 5.77. The van der Waals surface area contributed by atoms with Gasteiger partial charge in [0.25, 0.3) is 0 Å². The SMILES string of the molecule is CCCCN=CCCOC(C)=O. The van der Waals surface area contributed by atoms with Crippen molar-refractivity contribution >= 4 is 12.2 Å². The van der Waals surface area contributed by atoms with Crippen molar-refractivity contribution in [3.63, 3.8) is 0 Å². The van der Waals surface area contributed by atoms with Crippen LogP contribution in [0.1, 0.15) is 33.1 Å². The fraction of sp³-hybridized carbons (Fsp3) is 0.778. The van der Waals surface area contributed by atoms with Gasteiger partial charge in [0.2, 0.25) is 0 Å². The number of hydrogen-bond donors (Lipinski definition) is 0. The Morgan fingerprint density at radius 1 is 1.58 bits per heavy atom. The van der Waals surface area contributed by atoms with Gasteiger partial charge in [-0.25, -0.2) is 0 Å². The zero-order valence-corrected chi connectivity index (χ0v) is 7.88. The van der Waals surface area contributed by atoms with Crippen LogP contribution in [0.3, 0.4) is 0 Å². The molecule has 0 fully saturated rings. The van der Waals surface area contributed by atoms with E-state index in [9.17, 15) is 4.79 Å². The van der Waals surface area contributed by atoms with E-state index in [4.69, 9.17) is 4.74 Å². The van der Waals surface area contributed by atoms with Crippen LogP contribution in [-0.4, -0.2) is 25.3 Å². The quantitative estimate of drug-likeness (QED) is 0.347. The molecule has 0 radical (unpaired) electrons. The van der Waals surface area contributed by atoms with Crippen LogP contribution in [-0.2, 0) is 9.53 Å². The molecule has 0 heterocycles. The normalized spacial score (nSPS) is 10.5. The van der Waals surface area contributed by atoms with Crippen molar-refractivity contribution in [1.82, 2.24) is 0 Å². The van der Waals surface area contributed by atoms with E-state index in [1.165, 1.54) is 13.3 Å². The summed E-state index contributed by atoms with van der Waals surface area (Å²) < 4.78 is 4.72. The molecule has 0 aromatic carbocycles. The molecule has 0 amide bonds. The summed E-state index contributed by atoms with van der Waals surface area (Å²) in [6.45, 7) is 4.88. The summed E-state index contributed by atoms with van der Waals surface area (Å²) in [5.74, 6) is -0.225. The van der Waals surface area contributed by atoms with Gasteiger partial charge in [0.05, 0.1) is 6.61 Å². The van der Waals surface area contributed by atoms with E-state index in [2.05, 4.69) is 11.9 Å². The van der Waals surface area contributed by atoms with Crippen molar-refractivity contribution in [2.24, 2.45) is 4.99 Å². The van der Waals surface area contributed by atoms with Crippen LogP contribution in [0, 0.1) is 0 Å². The third-order valence-corrected chi connectivity index (χ3v) is 1.32. The van der Waals surface area contributed by atoms with Crippen LogP contribution in [0.5, 0.6) is 0 Å². The second-order valence-electron chi connectivity index (χ2n) is 2.57. The number of carbonyl (C=O) groups is 1. The molecule has 0 aliphatic heterocycles. The summed E-state index contributed by atoms with van der Waals surface area (Å²) in [7, 11) is 0. The minimum Gasteiger partial charge on any atom is -0.465 e. The molecule has 0 N–H and O–H groups in total. The van der Waals surface area contributed by atoms with Crippen molar-refractivity contribution in [3.8, 4) is 0 Å². The largest absolute Gasteiger partial charge is 0.465 e. The lowest BCUT2D eigenvalue weighted by atomic mass is 10.3. The summed E-state index contributed by atoms with van der Waals surface area (Å²) in [4.78, 5) is 14.5. The molecular weight excluding hydrogens is 154 g/mol. The second kappa shape index (κ2) is 8.24. The summed E-state index contributed by atoms with van der Waals surface area (Å²) in [6, 6.07) is 0. The van der Waals surface area contributed by atoms with Crippen molar-refractivity contribution in [3.05, 3.63) is 0 Å². The van der Waals surface area contributed by atoms with E-state index in [0.29, 0.717) is 6.61 Å². The van der Waals surface area contributed by atoms with Gasteiger partial charge >= 0.3 is 5.97 Å². The molecule has 0 unspecified atom stereocenters. The summed E-state index contributed by atoms with van der Waals surface area (Å²) in [5.41, 5.74) is 0. The maximum Gasteiger partial charge on any atom is 0.302 e. The van der Waals surface area contributed by atoms with Crippen LogP contribution in [0.2, 0.25) is 0 Å². The predicted octanol–water partition coefficient (Wildman–Crippen LogP) is 1.81. The molecule has 0 bridgehead atoms. The minimum atomic E-state index is -0.225. The number of aliphatic imine (C=N–C) groups is 1. The van der Waals surface area contributed by atoms with E-state index < -0.39 is 0 Å². The van der Waals surface area contributed by atoms with E-state index >= 15 is 0 Å². The molecule has 0 spiro atoms. The zero-order valence-electron chi connectivity index (χ0n) is 7.88. The Morgan fingerprint density at radius 2 is 2.33 bits per heavy atom. The van der Waals surface area contributed by atoms with Crippen molar-refractivity contribution < 1.29 is 9.53 Å². The highest BCUT2D eigenvalue weighted by Crippen LogP contribution is 1.86. The van der Waals surface area contributed by atoms with Gasteiger partial charge in [-0.2, -0.15) is 0 Å². The fourth-order valence-corrected chi connectivity index (χ4v) is 0.687. The number of ether oxygens (including phenoxy) is 1. The van der Waals surface area contributed by atoms with Gasteiger partial charge in [-0.1, -0.05) is 13.3 Å². The zero-order chi connectivity index (χ0) is 9.23. The van der Waals surface area contributed by atoms with Gasteiger partial charge in [-0.05, 0) is 6.42 Å². The van der Waals surface area contributed by atoms with Gasteiger partial charge in [0.1, 0.15) is 0 Å². The maximum absolute atomic E-state index is 10.3. The third-order valence-electron chi connectivity index (χ3n) is 1.32. The summed E-state index contributed by atoms with van der Waals surface area (Å²) in [6.07, 6.45) is 4.84. The Balaban J connectivity index is 3.08. The molecule has 3 nitrogen and oxygen atoms in total. The number of esters is 1. The van der Waals surface area contributed by atoms with Crippen LogP contribution >= 0.6 is 0 Å². The van der Waals surface area contributed by atoms with E-state index in [-0.39, 0.29) is 5.97 Å².